The van der Waals surface area contributed by atoms with Crippen LogP contribution in [-0.2, 0) is 0 Å². The maximum atomic E-state index is 10.1. The smallest absolute Gasteiger partial charge is 0.196 e. The van der Waals surface area contributed by atoms with Crippen molar-refractivity contribution in [1.29, 1.82) is 0 Å². The van der Waals surface area contributed by atoms with Crippen molar-refractivity contribution in [2.75, 3.05) is 5.73 Å². The molecule has 3 aromatic rings. The molecule has 0 saturated heterocycles. The average molecular weight is 276 g/mol. The first-order valence-electron chi connectivity index (χ1n) is 6.54. The highest BCUT2D eigenvalue weighted by molar-refractivity contribution is 5.93. The summed E-state index contributed by atoms with van der Waals surface area (Å²) < 4.78 is 0. The number of benzene rings is 2. The van der Waals surface area contributed by atoms with E-state index in [-0.39, 0.29) is 5.88 Å². The number of nitrogen functional groups attached to an aromatic ring is 1. The Hall–Kier alpha value is -3.08. The van der Waals surface area contributed by atoms with Crippen molar-refractivity contribution in [2.24, 2.45) is 10.2 Å². The van der Waals surface area contributed by atoms with Crippen molar-refractivity contribution >= 4 is 34.6 Å². The zero-order valence-electron chi connectivity index (χ0n) is 11.0. The lowest BCUT2D eigenvalue weighted by Crippen LogP contribution is -2.06. The Labute approximate surface area is 119 Å². The second-order valence-electron chi connectivity index (χ2n) is 5.00. The molecule has 1 aliphatic rings. The molecule has 0 spiro atoms. The Morgan fingerprint density at radius 3 is 2.95 bits per heavy atom. The Morgan fingerprint density at radius 1 is 1.14 bits per heavy atom. The van der Waals surface area contributed by atoms with Crippen molar-refractivity contribution in [1.82, 2.24) is 4.98 Å². The van der Waals surface area contributed by atoms with Gasteiger partial charge in [-0.15, -0.1) is 0 Å². The summed E-state index contributed by atoms with van der Waals surface area (Å²) in [5.41, 5.74) is 8.89. The number of nitrogens with zero attached hydrogens (tertiary/aromatic N) is 2. The fourth-order valence-electron chi connectivity index (χ4n) is 2.53. The van der Waals surface area contributed by atoms with E-state index in [1.807, 2.05) is 36.4 Å². The van der Waals surface area contributed by atoms with E-state index in [0.717, 1.165) is 32.6 Å². The summed E-state index contributed by atoms with van der Waals surface area (Å²) in [7, 11) is 0. The number of hydrogen-bond donors (Lipinski definition) is 3. The second kappa shape index (κ2) is 4.21. The number of fused-ring (bicyclic) bond motifs is 2. The van der Waals surface area contributed by atoms with Gasteiger partial charge < -0.3 is 15.8 Å². The van der Waals surface area contributed by atoms with Crippen LogP contribution >= 0.6 is 0 Å². The minimum atomic E-state index is 0.129. The van der Waals surface area contributed by atoms with Crippen molar-refractivity contribution in [3.05, 3.63) is 52.4 Å². The normalized spacial score (nSPS) is 13.6. The molecule has 0 bridgehead atoms. The zero-order valence-corrected chi connectivity index (χ0v) is 11.0. The van der Waals surface area contributed by atoms with Gasteiger partial charge in [0.15, 0.2) is 5.88 Å². The molecule has 4 N–H and O–H groups in total. The lowest BCUT2D eigenvalue weighted by Gasteiger charge is -1.96. The molecule has 0 aliphatic carbocycles. The minimum absolute atomic E-state index is 0.129. The third-order valence-corrected chi connectivity index (χ3v) is 3.57. The molecule has 2 aromatic carbocycles. The lowest BCUT2D eigenvalue weighted by atomic mass is 10.1. The monoisotopic (exact) mass is 276 g/mol. The van der Waals surface area contributed by atoms with Crippen LogP contribution in [0.2, 0.25) is 0 Å². The number of rotatable bonds is 1. The molecule has 0 unspecified atom stereocenters. The Kier molecular flexibility index (Phi) is 2.35. The van der Waals surface area contributed by atoms with Crippen LogP contribution in [0.5, 0.6) is 5.88 Å². The van der Waals surface area contributed by atoms with Gasteiger partial charge in [0.1, 0.15) is 0 Å². The van der Waals surface area contributed by atoms with Gasteiger partial charge in [-0.1, -0.05) is 12.1 Å². The van der Waals surface area contributed by atoms with Crippen LogP contribution in [-0.4, -0.2) is 10.1 Å². The molecule has 4 rings (SSSR count). The highest BCUT2D eigenvalue weighted by Crippen LogP contribution is 2.29. The zero-order chi connectivity index (χ0) is 14.4. The van der Waals surface area contributed by atoms with Crippen molar-refractivity contribution in [2.45, 2.75) is 0 Å². The summed E-state index contributed by atoms with van der Waals surface area (Å²) in [6, 6.07) is 11.4. The maximum Gasteiger partial charge on any atom is 0.196 e. The van der Waals surface area contributed by atoms with Crippen LogP contribution in [0.15, 0.2) is 46.6 Å². The number of anilines is 1. The molecular weight excluding hydrogens is 264 g/mol. The van der Waals surface area contributed by atoms with Gasteiger partial charge in [0.05, 0.1) is 11.9 Å². The third-order valence-electron chi connectivity index (χ3n) is 3.57. The molecule has 0 atom stereocenters. The predicted molar refractivity (Wildman–Crippen MR) is 82.6 cm³/mol. The number of hydrogen-bond acceptors (Lipinski definition) is 4. The number of aromatic nitrogens is 1. The van der Waals surface area contributed by atoms with Gasteiger partial charge in [-0.3, -0.25) is 0 Å². The lowest BCUT2D eigenvalue weighted by molar-refractivity contribution is 0.457. The maximum absolute atomic E-state index is 10.1. The van der Waals surface area contributed by atoms with E-state index in [1.165, 1.54) is 0 Å². The average Bonchev–Trinajstić information content (AvgIpc) is 3.04. The third kappa shape index (κ3) is 1.87. The molecule has 0 fully saturated rings. The first-order chi connectivity index (χ1) is 10.2. The summed E-state index contributed by atoms with van der Waals surface area (Å²) in [4.78, 5) is 2.95. The molecule has 5 nitrogen and oxygen atoms in total. The van der Waals surface area contributed by atoms with Crippen LogP contribution in [0.4, 0.5) is 11.4 Å². The number of nitrogens with two attached hydrogens (primary N) is 1. The van der Waals surface area contributed by atoms with Crippen LogP contribution in [0.25, 0.3) is 23.2 Å². The Bertz CT molecular complexity index is 1010. The number of azo groups is 1. The van der Waals surface area contributed by atoms with E-state index in [1.54, 1.807) is 12.3 Å². The molecule has 0 radical (unpaired) electrons. The van der Waals surface area contributed by atoms with Crippen molar-refractivity contribution < 1.29 is 5.11 Å². The van der Waals surface area contributed by atoms with E-state index in [9.17, 15) is 5.11 Å². The Morgan fingerprint density at radius 2 is 2.05 bits per heavy atom. The van der Waals surface area contributed by atoms with Gasteiger partial charge in [0.25, 0.3) is 0 Å². The van der Waals surface area contributed by atoms with Gasteiger partial charge in [0, 0.05) is 27.4 Å². The number of H-pyrrole nitrogens is 1. The summed E-state index contributed by atoms with van der Waals surface area (Å²) in [6.07, 6.45) is 3.63. The Balaban J connectivity index is 1.97. The van der Waals surface area contributed by atoms with Crippen molar-refractivity contribution in [3.8, 4) is 5.88 Å². The molecule has 0 saturated carbocycles. The van der Waals surface area contributed by atoms with Gasteiger partial charge in [-0.25, -0.2) is 0 Å². The van der Waals surface area contributed by atoms with Crippen LogP contribution in [0.1, 0.15) is 5.56 Å². The standard InChI is InChI=1S/C16H12N4O/c17-11-3-4-14-12(7-11)13(16(21)19-14)5-9-1-2-10-8-18-20-15(10)6-9/h1-8,19,21H,17H2/b9-5+. The summed E-state index contributed by atoms with van der Waals surface area (Å²) in [5.74, 6) is 0.129. The molecular formula is C16H12N4O. The predicted octanol–water partition coefficient (Wildman–Crippen LogP) is 2.12. The molecule has 0 amide bonds. The van der Waals surface area contributed by atoms with Gasteiger partial charge in [-0.2, -0.15) is 10.2 Å². The first kappa shape index (κ1) is 11.7. The number of nitrogens with one attached hydrogen (secondary N) is 1. The van der Waals surface area contributed by atoms with E-state index < -0.39 is 0 Å². The molecule has 1 aromatic heterocycles. The SMILES string of the molecule is Nc1ccc2[nH]c(O)c(/C=c3\ccc4c(c3)N=NC=4)c2c1. The van der Waals surface area contributed by atoms with Crippen LogP contribution in [0.3, 0.4) is 0 Å². The van der Waals surface area contributed by atoms with Crippen LogP contribution in [0, 0.1) is 0 Å². The summed E-state index contributed by atoms with van der Waals surface area (Å²) in [5, 5.41) is 20.9. The topological polar surface area (TPSA) is 86.8 Å². The number of aromatic amines is 1. The minimum Gasteiger partial charge on any atom is -0.494 e. The summed E-state index contributed by atoms with van der Waals surface area (Å²) >= 11 is 0. The summed E-state index contributed by atoms with van der Waals surface area (Å²) in [6.45, 7) is 0. The first-order valence-corrected chi connectivity index (χ1v) is 6.54. The molecule has 21 heavy (non-hydrogen) atoms. The van der Waals surface area contributed by atoms with E-state index in [0.29, 0.717) is 5.69 Å². The molecule has 1 aliphatic heterocycles. The van der Waals surface area contributed by atoms with Gasteiger partial charge in [0.2, 0.25) is 0 Å². The van der Waals surface area contributed by atoms with Gasteiger partial charge >= 0.3 is 0 Å². The number of aromatic hydroxyl groups is 1. The van der Waals surface area contributed by atoms with E-state index in [4.69, 9.17) is 5.73 Å². The van der Waals surface area contributed by atoms with Gasteiger partial charge in [-0.05, 0) is 35.6 Å². The molecule has 2 heterocycles. The van der Waals surface area contributed by atoms with Crippen LogP contribution < -0.4 is 16.2 Å². The highest BCUT2D eigenvalue weighted by Gasteiger charge is 2.08. The van der Waals surface area contributed by atoms with E-state index in [2.05, 4.69) is 15.2 Å². The second-order valence-corrected chi connectivity index (χ2v) is 5.00. The quantitative estimate of drug-likeness (QED) is 0.594. The van der Waals surface area contributed by atoms with Crippen molar-refractivity contribution in [3.63, 3.8) is 0 Å². The largest absolute Gasteiger partial charge is 0.494 e. The van der Waals surface area contributed by atoms with E-state index >= 15 is 0 Å². The fraction of sp³-hybridized carbons (Fsp3) is 0. The fourth-order valence-corrected chi connectivity index (χ4v) is 2.53. The highest BCUT2D eigenvalue weighted by atomic mass is 16.3. The molecule has 5 heteroatoms. The molecule has 102 valence electrons.